The number of nitrogens with one attached hydrogen (secondary N) is 1. The number of aryl methyl sites for hydroxylation is 1. The SMILES string of the molecule is Cc1ccccc1S(=O)(=O)NCc1cc(F)ccc1F. The molecule has 0 aromatic heterocycles. The molecule has 0 aliphatic heterocycles. The lowest BCUT2D eigenvalue weighted by molar-refractivity contribution is 0.566. The van der Waals surface area contributed by atoms with Crippen LogP contribution in [0.4, 0.5) is 8.78 Å². The van der Waals surface area contributed by atoms with Crippen molar-refractivity contribution in [2.75, 3.05) is 0 Å². The summed E-state index contributed by atoms with van der Waals surface area (Å²) < 4.78 is 52.9. The number of rotatable bonds is 4. The van der Waals surface area contributed by atoms with Gasteiger partial charge in [0.05, 0.1) is 4.90 Å². The Morgan fingerprint density at radius 2 is 1.80 bits per heavy atom. The molecule has 6 heteroatoms. The summed E-state index contributed by atoms with van der Waals surface area (Å²) >= 11 is 0. The molecule has 0 fully saturated rings. The zero-order valence-corrected chi connectivity index (χ0v) is 11.5. The van der Waals surface area contributed by atoms with Crippen LogP contribution in [0.5, 0.6) is 0 Å². The summed E-state index contributed by atoms with van der Waals surface area (Å²) in [5.74, 6) is -1.27. The predicted molar refractivity (Wildman–Crippen MR) is 71.6 cm³/mol. The van der Waals surface area contributed by atoms with Crippen molar-refractivity contribution in [2.24, 2.45) is 0 Å². The van der Waals surface area contributed by atoms with E-state index in [1.807, 2.05) is 0 Å². The summed E-state index contributed by atoms with van der Waals surface area (Å²) in [5, 5.41) is 0. The van der Waals surface area contributed by atoms with Gasteiger partial charge in [0.2, 0.25) is 10.0 Å². The lowest BCUT2D eigenvalue weighted by Crippen LogP contribution is -2.24. The topological polar surface area (TPSA) is 46.2 Å². The largest absolute Gasteiger partial charge is 0.241 e. The fourth-order valence-electron chi connectivity index (χ4n) is 1.79. The Labute approximate surface area is 116 Å². The molecule has 2 aromatic carbocycles. The van der Waals surface area contributed by atoms with Crippen molar-refractivity contribution in [1.29, 1.82) is 0 Å². The third-order valence-corrected chi connectivity index (χ3v) is 4.40. The number of hydrogen-bond donors (Lipinski definition) is 1. The molecule has 0 saturated heterocycles. The highest BCUT2D eigenvalue weighted by molar-refractivity contribution is 7.89. The van der Waals surface area contributed by atoms with Crippen LogP contribution in [0, 0.1) is 18.6 Å². The summed E-state index contributed by atoms with van der Waals surface area (Å²) in [6.07, 6.45) is 0. The lowest BCUT2D eigenvalue weighted by Gasteiger charge is -2.09. The van der Waals surface area contributed by atoms with Crippen LogP contribution in [-0.4, -0.2) is 8.42 Å². The standard InChI is InChI=1S/C14H13F2NO2S/c1-10-4-2-3-5-14(10)20(18,19)17-9-11-8-12(15)6-7-13(11)16/h2-8,17H,9H2,1H3. The van der Waals surface area contributed by atoms with Crippen molar-refractivity contribution >= 4 is 10.0 Å². The van der Waals surface area contributed by atoms with E-state index in [9.17, 15) is 17.2 Å². The summed E-state index contributed by atoms with van der Waals surface area (Å²) in [4.78, 5) is 0.122. The minimum absolute atomic E-state index is 0.0397. The smallest absolute Gasteiger partial charge is 0.207 e. The second kappa shape index (κ2) is 5.68. The Hall–Kier alpha value is -1.79. The minimum atomic E-state index is -3.76. The summed E-state index contributed by atoms with van der Waals surface area (Å²) in [5.41, 5.74) is 0.543. The molecule has 0 heterocycles. The molecule has 0 saturated carbocycles. The highest BCUT2D eigenvalue weighted by atomic mass is 32.2. The van der Waals surface area contributed by atoms with Crippen molar-refractivity contribution in [3.05, 3.63) is 65.2 Å². The van der Waals surface area contributed by atoms with E-state index < -0.39 is 21.7 Å². The Bertz CT molecular complexity index is 730. The lowest BCUT2D eigenvalue weighted by atomic mass is 10.2. The maximum absolute atomic E-state index is 13.4. The molecule has 0 bridgehead atoms. The van der Waals surface area contributed by atoms with Gasteiger partial charge < -0.3 is 0 Å². The fraction of sp³-hybridized carbons (Fsp3) is 0.143. The monoisotopic (exact) mass is 297 g/mol. The molecule has 0 radical (unpaired) electrons. The molecule has 106 valence electrons. The van der Waals surface area contributed by atoms with Crippen molar-refractivity contribution in [3.63, 3.8) is 0 Å². The second-order valence-corrected chi connectivity index (χ2v) is 6.06. The van der Waals surface area contributed by atoms with Gasteiger partial charge in [-0.1, -0.05) is 18.2 Å². The van der Waals surface area contributed by atoms with E-state index in [1.54, 1.807) is 25.1 Å². The van der Waals surface area contributed by atoms with Gasteiger partial charge >= 0.3 is 0 Å². The maximum atomic E-state index is 13.4. The van der Waals surface area contributed by atoms with E-state index in [0.717, 1.165) is 18.2 Å². The average molecular weight is 297 g/mol. The molecule has 2 rings (SSSR count). The van der Waals surface area contributed by atoms with Crippen LogP contribution >= 0.6 is 0 Å². The van der Waals surface area contributed by atoms with Crippen LogP contribution in [-0.2, 0) is 16.6 Å². The highest BCUT2D eigenvalue weighted by Crippen LogP contribution is 2.15. The molecule has 0 spiro atoms. The van der Waals surface area contributed by atoms with Gasteiger partial charge in [0.25, 0.3) is 0 Å². The van der Waals surface area contributed by atoms with E-state index in [-0.39, 0.29) is 17.0 Å². The van der Waals surface area contributed by atoms with Crippen LogP contribution in [0.3, 0.4) is 0 Å². The third-order valence-electron chi connectivity index (χ3n) is 2.84. The van der Waals surface area contributed by atoms with E-state index in [2.05, 4.69) is 4.72 Å². The van der Waals surface area contributed by atoms with Crippen molar-refractivity contribution in [3.8, 4) is 0 Å². The molecule has 2 aromatic rings. The van der Waals surface area contributed by atoms with Crippen LogP contribution in [0.25, 0.3) is 0 Å². The van der Waals surface area contributed by atoms with E-state index in [1.165, 1.54) is 6.07 Å². The molecule has 3 nitrogen and oxygen atoms in total. The molecule has 0 atom stereocenters. The zero-order chi connectivity index (χ0) is 14.8. The number of halogens is 2. The van der Waals surface area contributed by atoms with Crippen LogP contribution in [0.15, 0.2) is 47.4 Å². The predicted octanol–water partition coefficient (Wildman–Crippen LogP) is 2.75. The van der Waals surface area contributed by atoms with Gasteiger partial charge in [-0.05, 0) is 36.8 Å². The first kappa shape index (κ1) is 14.6. The Kier molecular flexibility index (Phi) is 4.15. The average Bonchev–Trinajstić information content (AvgIpc) is 2.40. The van der Waals surface area contributed by atoms with Gasteiger partial charge in [-0.2, -0.15) is 0 Å². The zero-order valence-electron chi connectivity index (χ0n) is 10.7. The molecular weight excluding hydrogens is 284 g/mol. The molecule has 0 aliphatic carbocycles. The summed E-state index contributed by atoms with van der Waals surface area (Å²) in [6.45, 7) is 1.36. The Balaban J connectivity index is 2.22. The number of benzene rings is 2. The minimum Gasteiger partial charge on any atom is -0.207 e. The summed E-state index contributed by atoms with van der Waals surface area (Å²) in [6, 6.07) is 9.36. The van der Waals surface area contributed by atoms with Crippen LogP contribution in [0.2, 0.25) is 0 Å². The molecule has 1 N–H and O–H groups in total. The van der Waals surface area contributed by atoms with Gasteiger partial charge in [-0.3, -0.25) is 0 Å². The van der Waals surface area contributed by atoms with Crippen LogP contribution in [0.1, 0.15) is 11.1 Å². The molecule has 0 unspecified atom stereocenters. The first-order chi connectivity index (χ1) is 9.40. The normalized spacial score (nSPS) is 11.6. The van der Waals surface area contributed by atoms with E-state index in [4.69, 9.17) is 0 Å². The Morgan fingerprint density at radius 3 is 2.50 bits per heavy atom. The van der Waals surface area contributed by atoms with Gasteiger partial charge in [0.15, 0.2) is 0 Å². The quantitative estimate of drug-likeness (QED) is 0.943. The highest BCUT2D eigenvalue weighted by Gasteiger charge is 2.16. The Morgan fingerprint density at radius 1 is 1.10 bits per heavy atom. The fourth-order valence-corrected chi connectivity index (χ4v) is 3.04. The molecule has 20 heavy (non-hydrogen) atoms. The first-order valence-corrected chi connectivity index (χ1v) is 7.38. The molecular formula is C14H13F2NO2S. The maximum Gasteiger partial charge on any atom is 0.241 e. The first-order valence-electron chi connectivity index (χ1n) is 5.89. The van der Waals surface area contributed by atoms with E-state index >= 15 is 0 Å². The van der Waals surface area contributed by atoms with Gasteiger partial charge in [0.1, 0.15) is 11.6 Å². The number of sulfonamides is 1. The molecule has 0 amide bonds. The second-order valence-electron chi connectivity index (χ2n) is 4.33. The number of hydrogen-bond acceptors (Lipinski definition) is 2. The third kappa shape index (κ3) is 3.20. The van der Waals surface area contributed by atoms with Gasteiger partial charge in [0, 0.05) is 12.1 Å². The van der Waals surface area contributed by atoms with Crippen molar-refractivity contribution < 1.29 is 17.2 Å². The van der Waals surface area contributed by atoms with Crippen molar-refractivity contribution in [2.45, 2.75) is 18.4 Å². The van der Waals surface area contributed by atoms with Gasteiger partial charge in [-0.15, -0.1) is 0 Å². The van der Waals surface area contributed by atoms with Crippen molar-refractivity contribution in [1.82, 2.24) is 4.72 Å². The summed E-state index contributed by atoms with van der Waals surface area (Å²) in [7, 11) is -3.76. The molecule has 0 aliphatic rings. The van der Waals surface area contributed by atoms with Crippen LogP contribution < -0.4 is 4.72 Å². The van der Waals surface area contributed by atoms with Gasteiger partial charge in [-0.25, -0.2) is 21.9 Å². The van der Waals surface area contributed by atoms with E-state index in [0.29, 0.717) is 5.56 Å².